The van der Waals surface area contributed by atoms with Crippen molar-refractivity contribution in [3.63, 3.8) is 0 Å². The number of unbranched alkanes of at least 4 members (excludes halogenated alkanes) is 1. The molecule has 0 saturated carbocycles. The van der Waals surface area contributed by atoms with Crippen LogP contribution < -0.4 is 5.32 Å². The van der Waals surface area contributed by atoms with Gasteiger partial charge in [0, 0.05) is 16.3 Å². The molecule has 0 atom stereocenters. The van der Waals surface area contributed by atoms with E-state index in [0.717, 1.165) is 34.3 Å². The fourth-order valence-electron chi connectivity index (χ4n) is 3.42. The average molecular weight is 433 g/mol. The number of benzene rings is 3. The molecule has 4 aromatic rings. The summed E-state index contributed by atoms with van der Waals surface area (Å²) in [7, 11) is 0. The zero-order valence-corrected chi connectivity index (χ0v) is 18.7. The van der Waals surface area contributed by atoms with Crippen LogP contribution in [0.15, 0.2) is 54.6 Å². The lowest BCUT2D eigenvalue weighted by Crippen LogP contribution is -2.12. The van der Waals surface area contributed by atoms with E-state index in [1.165, 1.54) is 18.4 Å². The lowest BCUT2D eigenvalue weighted by Gasteiger charge is -2.09. The monoisotopic (exact) mass is 432 g/mol. The first-order valence-electron chi connectivity index (χ1n) is 10.5. The summed E-state index contributed by atoms with van der Waals surface area (Å²) in [6.07, 6.45) is 3.45. The highest BCUT2D eigenvalue weighted by molar-refractivity contribution is 6.31. The third-order valence-electron chi connectivity index (χ3n) is 5.39. The highest BCUT2D eigenvalue weighted by Crippen LogP contribution is 2.24. The van der Waals surface area contributed by atoms with Gasteiger partial charge in [0.2, 0.25) is 0 Å². The number of hydrogen-bond donors (Lipinski definition) is 1. The van der Waals surface area contributed by atoms with Crippen molar-refractivity contribution in [2.45, 2.75) is 40.0 Å². The van der Waals surface area contributed by atoms with Crippen LogP contribution in [-0.2, 0) is 6.42 Å². The molecule has 31 heavy (non-hydrogen) atoms. The maximum absolute atomic E-state index is 12.7. The standard InChI is InChI=1S/C25H25ClN4O/c1-4-5-6-18-8-11-20(12-9-18)30-28-23-13-17(3)22(15-24(23)29-30)27-25(31)19-10-7-16(2)21(26)14-19/h7-15H,4-6H2,1-3H3,(H,27,31). The number of rotatable bonds is 6. The third kappa shape index (κ3) is 4.62. The van der Waals surface area contributed by atoms with E-state index >= 15 is 0 Å². The Labute approximate surface area is 187 Å². The number of anilines is 1. The van der Waals surface area contributed by atoms with Gasteiger partial charge in [-0.1, -0.05) is 43.1 Å². The van der Waals surface area contributed by atoms with E-state index in [1.807, 2.05) is 44.2 Å². The Morgan fingerprint density at radius 2 is 1.68 bits per heavy atom. The molecular formula is C25H25ClN4O. The van der Waals surface area contributed by atoms with Gasteiger partial charge in [0.25, 0.3) is 5.91 Å². The molecule has 5 nitrogen and oxygen atoms in total. The Morgan fingerprint density at radius 1 is 0.968 bits per heavy atom. The molecular weight excluding hydrogens is 408 g/mol. The molecule has 0 aliphatic rings. The highest BCUT2D eigenvalue weighted by Gasteiger charge is 2.13. The maximum atomic E-state index is 12.7. The second kappa shape index (κ2) is 8.90. The van der Waals surface area contributed by atoms with Crippen molar-refractivity contribution >= 4 is 34.2 Å². The lowest BCUT2D eigenvalue weighted by atomic mass is 10.1. The van der Waals surface area contributed by atoms with Crippen LogP contribution >= 0.6 is 11.6 Å². The predicted octanol–water partition coefficient (Wildman–Crippen LogP) is 6.29. The Balaban J connectivity index is 1.58. The molecule has 0 saturated heterocycles. The molecule has 6 heteroatoms. The SMILES string of the molecule is CCCCc1ccc(-n2nc3cc(C)c(NC(=O)c4ccc(C)c(Cl)c4)cc3n2)cc1. The average Bonchev–Trinajstić information content (AvgIpc) is 3.17. The van der Waals surface area contributed by atoms with Gasteiger partial charge in [-0.2, -0.15) is 4.80 Å². The van der Waals surface area contributed by atoms with Crippen molar-refractivity contribution in [3.05, 3.63) is 81.9 Å². The number of aryl methyl sites for hydroxylation is 3. The van der Waals surface area contributed by atoms with Crippen LogP contribution in [0.2, 0.25) is 5.02 Å². The number of amides is 1. The Kier molecular flexibility index (Phi) is 6.05. The van der Waals surface area contributed by atoms with Crippen LogP contribution in [0.3, 0.4) is 0 Å². The zero-order chi connectivity index (χ0) is 22.0. The zero-order valence-electron chi connectivity index (χ0n) is 17.9. The molecule has 0 unspecified atom stereocenters. The van der Waals surface area contributed by atoms with Gasteiger partial charge >= 0.3 is 0 Å². The van der Waals surface area contributed by atoms with Crippen molar-refractivity contribution in [1.29, 1.82) is 0 Å². The molecule has 0 spiro atoms. The third-order valence-corrected chi connectivity index (χ3v) is 5.80. The molecule has 1 amide bonds. The van der Waals surface area contributed by atoms with E-state index in [-0.39, 0.29) is 5.91 Å². The molecule has 0 fully saturated rings. The van der Waals surface area contributed by atoms with Crippen molar-refractivity contribution in [2.24, 2.45) is 0 Å². The summed E-state index contributed by atoms with van der Waals surface area (Å²) in [5.74, 6) is -0.209. The van der Waals surface area contributed by atoms with Gasteiger partial charge < -0.3 is 5.32 Å². The highest BCUT2D eigenvalue weighted by atomic mass is 35.5. The molecule has 0 aliphatic carbocycles. The van der Waals surface area contributed by atoms with Gasteiger partial charge in [0.05, 0.1) is 5.69 Å². The Hall–Kier alpha value is -3.18. The normalized spacial score (nSPS) is 11.1. The summed E-state index contributed by atoms with van der Waals surface area (Å²) >= 11 is 6.16. The maximum Gasteiger partial charge on any atom is 0.255 e. The number of nitrogens with zero attached hydrogens (tertiary/aromatic N) is 3. The Bertz CT molecular complexity index is 1240. The van der Waals surface area contributed by atoms with Crippen molar-refractivity contribution in [3.8, 4) is 5.69 Å². The fourth-order valence-corrected chi connectivity index (χ4v) is 3.60. The summed E-state index contributed by atoms with van der Waals surface area (Å²) in [4.78, 5) is 14.3. The minimum atomic E-state index is -0.209. The molecule has 0 radical (unpaired) electrons. The van der Waals surface area contributed by atoms with Gasteiger partial charge in [0.1, 0.15) is 11.0 Å². The van der Waals surface area contributed by atoms with Crippen molar-refractivity contribution in [2.75, 3.05) is 5.32 Å². The number of carbonyl (C=O) groups is 1. The van der Waals surface area contributed by atoms with E-state index in [2.05, 4.69) is 34.6 Å². The number of halogens is 1. The van der Waals surface area contributed by atoms with Crippen LogP contribution in [-0.4, -0.2) is 20.9 Å². The smallest absolute Gasteiger partial charge is 0.255 e. The van der Waals surface area contributed by atoms with Gasteiger partial charge in [-0.25, -0.2) is 0 Å². The lowest BCUT2D eigenvalue weighted by molar-refractivity contribution is 0.102. The summed E-state index contributed by atoms with van der Waals surface area (Å²) < 4.78 is 0. The summed E-state index contributed by atoms with van der Waals surface area (Å²) in [6.45, 7) is 6.05. The van der Waals surface area contributed by atoms with Crippen molar-refractivity contribution in [1.82, 2.24) is 15.0 Å². The largest absolute Gasteiger partial charge is 0.322 e. The van der Waals surface area contributed by atoms with Crippen LogP contribution in [0.5, 0.6) is 0 Å². The number of carbonyl (C=O) groups excluding carboxylic acids is 1. The Morgan fingerprint density at radius 3 is 2.35 bits per heavy atom. The van der Waals surface area contributed by atoms with E-state index in [0.29, 0.717) is 16.3 Å². The van der Waals surface area contributed by atoms with Gasteiger partial charge in [-0.3, -0.25) is 4.79 Å². The number of hydrogen-bond acceptors (Lipinski definition) is 3. The second-order valence-electron chi connectivity index (χ2n) is 7.83. The summed E-state index contributed by atoms with van der Waals surface area (Å²) in [5.41, 5.74) is 6.81. The quantitative estimate of drug-likeness (QED) is 0.389. The molecule has 3 aromatic carbocycles. The predicted molar refractivity (Wildman–Crippen MR) is 126 cm³/mol. The second-order valence-corrected chi connectivity index (χ2v) is 8.24. The topological polar surface area (TPSA) is 59.8 Å². The first-order chi connectivity index (χ1) is 14.9. The number of fused-ring (bicyclic) bond motifs is 1. The first-order valence-corrected chi connectivity index (χ1v) is 10.9. The first kappa shape index (κ1) is 21.1. The van der Waals surface area contributed by atoms with E-state index in [4.69, 9.17) is 11.6 Å². The van der Waals surface area contributed by atoms with Gasteiger partial charge in [0.15, 0.2) is 0 Å². The van der Waals surface area contributed by atoms with Gasteiger partial charge in [-0.05, 0) is 79.8 Å². The van der Waals surface area contributed by atoms with Crippen LogP contribution in [0.25, 0.3) is 16.7 Å². The molecule has 1 N–H and O–H groups in total. The summed E-state index contributed by atoms with van der Waals surface area (Å²) in [5, 5.41) is 12.8. The number of aromatic nitrogens is 3. The molecule has 0 bridgehead atoms. The van der Waals surface area contributed by atoms with Crippen LogP contribution in [0.4, 0.5) is 5.69 Å². The summed E-state index contributed by atoms with van der Waals surface area (Å²) in [6, 6.07) is 17.4. The molecule has 4 rings (SSSR count). The van der Waals surface area contributed by atoms with E-state index < -0.39 is 0 Å². The van der Waals surface area contributed by atoms with Gasteiger partial charge in [-0.15, -0.1) is 10.2 Å². The van der Waals surface area contributed by atoms with Crippen LogP contribution in [0.1, 0.15) is 46.8 Å². The number of nitrogens with one attached hydrogen (secondary N) is 1. The van der Waals surface area contributed by atoms with E-state index in [1.54, 1.807) is 16.9 Å². The molecule has 0 aliphatic heterocycles. The molecule has 1 aromatic heterocycles. The minimum absolute atomic E-state index is 0.209. The van der Waals surface area contributed by atoms with Crippen molar-refractivity contribution < 1.29 is 4.79 Å². The molecule has 158 valence electrons. The minimum Gasteiger partial charge on any atom is -0.322 e. The van der Waals surface area contributed by atoms with E-state index in [9.17, 15) is 4.79 Å². The fraction of sp³-hybridized carbons (Fsp3) is 0.240. The van der Waals surface area contributed by atoms with Crippen LogP contribution in [0, 0.1) is 13.8 Å². The molecule has 1 heterocycles.